The average Bonchev–Trinajstić information content (AvgIpc) is 2.95. The first kappa shape index (κ1) is 38.7. The maximum Gasteiger partial charge on any atom is 0.305 e. The minimum absolute atomic E-state index is 0.169. The lowest BCUT2D eigenvalue weighted by Crippen LogP contribution is -2.13. The zero-order chi connectivity index (χ0) is 29.2. The zero-order valence-electron chi connectivity index (χ0n) is 27.0. The molecule has 0 bridgehead atoms. The molecule has 0 saturated heterocycles. The molecule has 0 saturated carbocycles. The molecule has 0 fully saturated rings. The molecule has 0 rings (SSSR count). The molecule has 0 aromatic carbocycles. The molecule has 236 valence electrons. The number of esters is 2. The van der Waals surface area contributed by atoms with E-state index in [1.165, 1.54) is 141 Å². The van der Waals surface area contributed by atoms with Crippen LogP contribution in [0.15, 0.2) is 12.2 Å². The molecule has 0 heterocycles. The van der Waals surface area contributed by atoms with Gasteiger partial charge in [-0.3, -0.25) is 9.59 Å². The lowest BCUT2D eigenvalue weighted by molar-refractivity contribution is -0.152. The van der Waals surface area contributed by atoms with Gasteiger partial charge in [0.05, 0.1) is 0 Å². The molecule has 0 aromatic heterocycles. The summed E-state index contributed by atoms with van der Waals surface area (Å²) in [6.45, 7) is 4.88. The fraction of sp³-hybridized carbons (Fsp3) is 0.889. The topological polar surface area (TPSA) is 52.6 Å². The maximum absolute atomic E-state index is 11.9. The van der Waals surface area contributed by atoms with Gasteiger partial charge in [0.25, 0.3) is 0 Å². The zero-order valence-corrected chi connectivity index (χ0v) is 27.0. The van der Waals surface area contributed by atoms with Gasteiger partial charge in [-0.2, -0.15) is 0 Å². The molecule has 40 heavy (non-hydrogen) atoms. The van der Waals surface area contributed by atoms with Crippen LogP contribution in [0.3, 0.4) is 0 Å². The third-order valence-corrected chi connectivity index (χ3v) is 7.74. The molecule has 0 aliphatic rings. The lowest BCUT2D eigenvalue weighted by atomic mass is 10.0. The molecule has 0 radical (unpaired) electrons. The van der Waals surface area contributed by atoms with Crippen LogP contribution < -0.4 is 0 Å². The second kappa shape index (κ2) is 33.9. The number of ether oxygens (including phenoxy) is 2. The number of allylic oxidation sites excluding steroid dienone is 2. The molecule has 0 aromatic rings. The minimum Gasteiger partial charge on any atom is -0.462 e. The SMILES string of the molecule is CCCCCC/C=C/CCCCCCCCCC(=O)OCCOC(=O)CCCCCCCCCCCCCCC. The molecule has 0 aliphatic heterocycles. The first-order chi connectivity index (χ1) is 19.7. The van der Waals surface area contributed by atoms with Crippen molar-refractivity contribution < 1.29 is 19.1 Å². The number of unbranched alkanes of at least 4 members (excludes halogenated alkanes) is 23. The highest BCUT2D eigenvalue weighted by Gasteiger charge is 2.06. The van der Waals surface area contributed by atoms with Gasteiger partial charge in [0, 0.05) is 12.8 Å². The largest absolute Gasteiger partial charge is 0.462 e. The second-order valence-corrected chi connectivity index (χ2v) is 11.8. The van der Waals surface area contributed by atoms with Gasteiger partial charge in [0.1, 0.15) is 13.2 Å². The van der Waals surface area contributed by atoms with Crippen molar-refractivity contribution in [3.8, 4) is 0 Å². The van der Waals surface area contributed by atoms with Crippen molar-refractivity contribution in [2.75, 3.05) is 13.2 Å². The van der Waals surface area contributed by atoms with Crippen molar-refractivity contribution in [3.63, 3.8) is 0 Å². The van der Waals surface area contributed by atoms with E-state index in [0.29, 0.717) is 12.8 Å². The van der Waals surface area contributed by atoms with Crippen molar-refractivity contribution in [1.29, 1.82) is 0 Å². The summed E-state index contributed by atoms with van der Waals surface area (Å²) in [5.74, 6) is -0.341. The number of carbonyl (C=O) groups is 2. The van der Waals surface area contributed by atoms with E-state index >= 15 is 0 Å². The molecular weight excluding hydrogens is 496 g/mol. The highest BCUT2D eigenvalue weighted by atomic mass is 16.6. The predicted octanol–water partition coefficient (Wildman–Crippen LogP) is 11.6. The monoisotopic (exact) mass is 565 g/mol. The van der Waals surface area contributed by atoms with Crippen molar-refractivity contribution in [2.45, 2.75) is 194 Å². The Balaban J connectivity index is 3.30. The van der Waals surface area contributed by atoms with E-state index in [1.807, 2.05) is 0 Å². The van der Waals surface area contributed by atoms with Crippen LogP contribution in [0.1, 0.15) is 194 Å². The Bertz CT molecular complexity index is 557. The molecule has 4 nitrogen and oxygen atoms in total. The Labute approximate surface area is 249 Å². The Morgan fingerprint density at radius 1 is 0.400 bits per heavy atom. The highest BCUT2D eigenvalue weighted by molar-refractivity contribution is 5.70. The molecule has 4 heteroatoms. The third kappa shape index (κ3) is 32.9. The van der Waals surface area contributed by atoms with Gasteiger partial charge in [-0.05, 0) is 38.5 Å². The van der Waals surface area contributed by atoms with Crippen LogP contribution in [0.25, 0.3) is 0 Å². The average molecular weight is 565 g/mol. The van der Waals surface area contributed by atoms with Crippen LogP contribution >= 0.6 is 0 Å². The smallest absolute Gasteiger partial charge is 0.305 e. The molecule has 0 unspecified atom stereocenters. The molecular formula is C36H68O4. The van der Waals surface area contributed by atoms with Crippen LogP contribution in [0.2, 0.25) is 0 Å². The first-order valence-electron chi connectivity index (χ1n) is 17.7. The molecule has 0 amide bonds. The van der Waals surface area contributed by atoms with Crippen molar-refractivity contribution >= 4 is 11.9 Å². The van der Waals surface area contributed by atoms with E-state index in [0.717, 1.165) is 25.7 Å². The first-order valence-corrected chi connectivity index (χ1v) is 17.7. The second-order valence-electron chi connectivity index (χ2n) is 11.8. The quantitative estimate of drug-likeness (QED) is 0.0463. The summed E-state index contributed by atoms with van der Waals surface area (Å²) in [4.78, 5) is 23.7. The van der Waals surface area contributed by atoms with Crippen molar-refractivity contribution in [1.82, 2.24) is 0 Å². The summed E-state index contributed by atoms with van der Waals surface area (Å²) >= 11 is 0. The summed E-state index contributed by atoms with van der Waals surface area (Å²) in [5, 5.41) is 0. The van der Waals surface area contributed by atoms with E-state index in [2.05, 4.69) is 26.0 Å². The van der Waals surface area contributed by atoms with Gasteiger partial charge in [-0.15, -0.1) is 0 Å². The van der Waals surface area contributed by atoms with Gasteiger partial charge in [0.2, 0.25) is 0 Å². The fourth-order valence-corrected chi connectivity index (χ4v) is 5.08. The van der Waals surface area contributed by atoms with Crippen LogP contribution in [0.5, 0.6) is 0 Å². The van der Waals surface area contributed by atoms with Gasteiger partial charge in [-0.1, -0.05) is 154 Å². The van der Waals surface area contributed by atoms with Gasteiger partial charge < -0.3 is 9.47 Å². The number of hydrogen-bond donors (Lipinski definition) is 0. The predicted molar refractivity (Wildman–Crippen MR) is 172 cm³/mol. The van der Waals surface area contributed by atoms with Crippen molar-refractivity contribution in [3.05, 3.63) is 12.2 Å². The number of hydrogen-bond acceptors (Lipinski definition) is 4. The van der Waals surface area contributed by atoms with Crippen LogP contribution in [0, 0.1) is 0 Å². The highest BCUT2D eigenvalue weighted by Crippen LogP contribution is 2.14. The van der Waals surface area contributed by atoms with Gasteiger partial charge in [0.15, 0.2) is 0 Å². The summed E-state index contributed by atoms with van der Waals surface area (Å²) < 4.78 is 10.4. The fourth-order valence-electron chi connectivity index (χ4n) is 5.08. The van der Waals surface area contributed by atoms with Crippen LogP contribution in [-0.4, -0.2) is 25.2 Å². The van der Waals surface area contributed by atoms with Gasteiger partial charge in [-0.25, -0.2) is 0 Å². The Morgan fingerprint density at radius 2 is 0.675 bits per heavy atom. The normalized spacial score (nSPS) is 11.3. The lowest BCUT2D eigenvalue weighted by Gasteiger charge is -2.07. The van der Waals surface area contributed by atoms with E-state index in [-0.39, 0.29) is 25.2 Å². The van der Waals surface area contributed by atoms with Crippen LogP contribution in [0.4, 0.5) is 0 Å². The summed E-state index contributed by atoms with van der Waals surface area (Å²) in [7, 11) is 0. The Kier molecular flexibility index (Phi) is 32.8. The standard InChI is InChI=1S/C36H68O4/c1-3-5-7-9-11-13-15-17-18-20-22-24-26-28-30-32-36(38)40-34-33-39-35(37)31-29-27-25-23-21-19-16-14-12-10-8-6-4-2/h13,15H,3-12,14,16-34H2,1-2H3/b15-13+. The van der Waals surface area contributed by atoms with Gasteiger partial charge >= 0.3 is 11.9 Å². The Morgan fingerprint density at radius 3 is 1.02 bits per heavy atom. The maximum atomic E-state index is 11.9. The van der Waals surface area contributed by atoms with Crippen LogP contribution in [-0.2, 0) is 19.1 Å². The number of rotatable bonds is 32. The van der Waals surface area contributed by atoms with E-state index in [9.17, 15) is 9.59 Å². The van der Waals surface area contributed by atoms with E-state index in [4.69, 9.17) is 9.47 Å². The summed E-state index contributed by atoms with van der Waals surface area (Å²) in [6, 6.07) is 0. The minimum atomic E-state index is -0.172. The van der Waals surface area contributed by atoms with Crippen molar-refractivity contribution in [2.24, 2.45) is 0 Å². The molecule has 0 aliphatic carbocycles. The summed E-state index contributed by atoms with van der Waals surface area (Å²) in [5.41, 5.74) is 0. The summed E-state index contributed by atoms with van der Waals surface area (Å²) in [6.07, 6.45) is 38.7. The number of carbonyl (C=O) groups excluding carboxylic acids is 2. The van der Waals surface area contributed by atoms with E-state index < -0.39 is 0 Å². The molecule has 0 N–H and O–H groups in total. The van der Waals surface area contributed by atoms with E-state index in [1.54, 1.807) is 0 Å². The molecule has 0 spiro atoms. The third-order valence-electron chi connectivity index (χ3n) is 7.74. The molecule has 0 atom stereocenters. The Hall–Kier alpha value is -1.32.